The highest BCUT2D eigenvalue weighted by Crippen LogP contribution is 2.02. The predicted octanol–water partition coefficient (Wildman–Crippen LogP) is 0.864. The highest BCUT2D eigenvalue weighted by atomic mass is 35.5. The van der Waals surface area contributed by atoms with Crippen molar-refractivity contribution >= 4 is 12.4 Å². The lowest BCUT2D eigenvalue weighted by Gasteiger charge is -1.84. The van der Waals surface area contributed by atoms with Crippen molar-refractivity contribution < 1.29 is 4.52 Å². The van der Waals surface area contributed by atoms with Gasteiger partial charge in [-0.1, -0.05) is 5.16 Å². The van der Waals surface area contributed by atoms with E-state index in [-0.39, 0.29) is 12.4 Å². The van der Waals surface area contributed by atoms with Gasteiger partial charge in [-0.25, -0.2) is 0 Å². The minimum Gasteiger partial charge on any atom is -0.361 e. The molecule has 0 atom stereocenters. The molecule has 0 unspecified atom stereocenters. The molecule has 2 N–H and O–H groups in total. The zero-order valence-corrected chi connectivity index (χ0v) is 5.94. The quantitative estimate of drug-likeness (QED) is 0.643. The van der Waals surface area contributed by atoms with Gasteiger partial charge in [0.15, 0.2) is 0 Å². The zero-order chi connectivity index (χ0) is 5.98. The van der Waals surface area contributed by atoms with Crippen molar-refractivity contribution in [1.82, 2.24) is 5.16 Å². The third kappa shape index (κ3) is 1.69. The van der Waals surface area contributed by atoms with Gasteiger partial charge in [-0.15, -0.1) is 12.4 Å². The second-order valence-electron chi connectivity index (χ2n) is 1.61. The Balaban J connectivity index is 0.000000640. The summed E-state index contributed by atoms with van der Waals surface area (Å²) in [6.07, 6.45) is 1.63. The monoisotopic (exact) mass is 148 g/mol. The number of aromatic nitrogens is 1. The Labute approximate surface area is 59.6 Å². The molecular weight excluding hydrogens is 140 g/mol. The fourth-order valence-electron chi connectivity index (χ4n) is 0.515. The normalized spacial score (nSPS) is 8.67. The maximum atomic E-state index is 5.30. The van der Waals surface area contributed by atoms with Crippen molar-refractivity contribution in [1.29, 1.82) is 0 Å². The Bertz CT molecular complexity index is 175. The lowest BCUT2D eigenvalue weighted by atomic mass is 10.3. The number of halogens is 1. The number of nitrogens with two attached hydrogens (primary N) is 1. The molecular formula is C5H9ClN2O. The van der Waals surface area contributed by atoms with E-state index in [1.807, 2.05) is 6.92 Å². The molecule has 9 heavy (non-hydrogen) atoms. The fraction of sp³-hybridized carbons (Fsp3) is 0.400. The van der Waals surface area contributed by atoms with Crippen LogP contribution in [-0.2, 0) is 6.54 Å². The van der Waals surface area contributed by atoms with Crippen LogP contribution in [0.3, 0.4) is 0 Å². The predicted molar refractivity (Wildman–Crippen MR) is 36.4 cm³/mol. The average Bonchev–Trinajstić information content (AvgIpc) is 2.14. The van der Waals surface area contributed by atoms with Gasteiger partial charge in [-0.2, -0.15) is 0 Å². The number of hydrogen-bond donors (Lipinski definition) is 1. The van der Waals surface area contributed by atoms with Crippen LogP contribution in [0.5, 0.6) is 0 Å². The average molecular weight is 149 g/mol. The van der Waals surface area contributed by atoms with Gasteiger partial charge in [0.2, 0.25) is 0 Å². The van der Waals surface area contributed by atoms with Crippen molar-refractivity contribution in [3.05, 3.63) is 17.5 Å². The molecule has 4 heteroatoms. The molecule has 1 heterocycles. The number of aryl methyl sites for hydroxylation is 1. The summed E-state index contributed by atoms with van der Waals surface area (Å²) in [7, 11) is 0. The fourth-order valence-corrected chi connectivity index (χ4v) is 0.515. The minimum absolute atomic E-state index is 0. The molecule has 1 aromatic rings. The Morgan fingerprint density at radius 2 is 2.44 bits per heavy atom. The lowest BCUT2D eigenvalue weighted by Crippen LogP contribution is -1.95. The van der Waals surface area contributed by atoms with Crippen LogP contribution in [-0.4, -0.2) is 5.16 Å². The summed E-state index contributed by atoms with van der Waals surface area (Å²) in [6, 6.07) is 0. The largest absolute Gasteiger partial charge is 0.361 e. The van der Waals surface area contributed by atoms with Crippen molar-refractivity contribution in [3.63, 3.8) is 0 Å². The Kier molecular flexibility index (Phi) is 3.27. The molecule has 1 aromatic heterocycles. The molecule has 0 bridgehead atoms. The van der Waals surface area contributed by atoms with Crippen LogP contribution in [0.1, 0.15) is 11.3 Å². The molecule has 0 fully saturated rings. The second-order valence-corrected chi connectivity index (χ2v) is 1.61. The molecule has 52 valence electrons. The third-order valence-corrected chi connectivity index (χ3v) is 1.07. The molecule has 3 nitrogen and oxygen atoms in total. The number of hydrogen-bond acceptors (Lipinski definition) is 3. The van der Waals surface area contributed by atoms with Gasteiger partial charge in [0, 0.05) is 12.1 Å². The summed E-state index contributed by atoms with van der Waals surface area (Å²) >= 11 is 0. The Morgan fingerprint density at radius 1 is 1.78 bits per heavy atom. The van der Waals surface area contributed by atoms with Crippen LogP contribution in [0.2, 0.25) is 0 Å². The standard InChI is InChI=1S/C5H8N2O.ClH/c1-4-5(2-6)3-7-8-4;/h3H,2,6H2,1H3;1H. The first-order valence-electron chi connectivity index (χ1n) is 2.45. The van der Waals surface area contributed by atoms with E-state index < -0.39 is 0 Å². The van der Waals surface area contributed by atoms with E-state index in [9.17, 15) is 0 Å². The maximum Gasteiger partial charge on any atom is 0.138 e. The van der Waals surface area contributed by atoms with Crippen molar-refractivity contribution in [2.24, 2.45) is 5.73 Å². The molecule has 0 aromatic carbocycles. The number of rotatable bonds is 1. The van der Waals surface area contributed by atoms with Crippen molar-refractivity contribution in [3.8, 4) is 0 Å². The number of nitrogens with zero attached hydrogens (tertiary/aromatic N) is 1. The van der Waals surface area contributed by atoms with Crippen LogP contribution >= 0.6 is 12.4 Å². The molecule has 0 aliphatic carbocycles. The van der Waals surface area contributed by atoms with E-state index in [0.717, 1.165) is 11.3 Å². The van der Waals surface area contributed by atoms with E-state index in [0.29, 0.717) is 6.54 Å². The van der Waals surface area contributed by atoms with Gasteiger partial charge >= 0.3 is 0 Å². The zero-order valence-electron chi connectivity index (χ0n) is 5.13. The van der Waals surface area contributed by atoms with Crippen molar-refractivity contribution in [2.45, 2.75) is 13.5 Å². The first-order chi connectivity index (χ1) is 3.84. The van der Waals surface area contributed by atoms with E-state index in [1.54, 1.807) is 6.20 Å². The van der Waals surface area contributed by atoms with Gasteiger partial charge in [0.25, 0.3) is 0 Å². The summed E-state index contributed by atoms with van der Waals surface area (Å²) in [4.78, 5) is 0. The van der Waals surface area contributed by atoms with E-state index in [1.165, 1.54) is 0 Å². The van der Waals surface area contributed by atoms with Gasteiger partial charge in [-0.05, 0) is 6.92 Å². The van der Waals surface area contributed by atoms with Crippen LogP contribution in [0.15, 0.2) is 10.7 Å². The molecule has 0 aliphatic rings. The highest BCUT2D eigenvalue weighted by molar-refractivity contribution is 5.85. The highest BCUT2D eigenvalue weighted by Gasteiger charge is 1.96. The van der Waals surface area contributed by atoms with Crippen LogP contribution in [0, 0.1) is 6.92 Å². The van der Waals surface area contributed by atoms with E-state index in [4.69, 9.17) is 10.3 Å². The molecule has 0 saturated carbocycles. The summed E-state index contributed by atoms with van der Waals surface area (Å²) in [6.45, 7) is 2.35. The molecule has 0 aliphatic heterocycles. The SMILES string of the molecule is Cc1oncc1CN.Cl. The van der Waals surface area contributed by atoms with Crippen LogP contribution in [0.25, 0.3) is 0 Å². The molecule has 0 saturated heterocycles. The van der Waals surface area contributed by atoms with E-state index >= 15 is 0 Å². The third-order valence-electron chi connectivity index (χ3n) is 1.07. The van der Waals surface area contributed by atoms with Gasteiger partial charge in [-0.3, -0.25) is 0 Å². The molecule has 1 rings (SSSR count). The molecule has 0 spiro atoms. The van der Waals surface area contributed by atoms with Crippen LogP contribution in [0.4, 0.5) is 0 Å². The summed E-state index contributed by atoms with van der Waals surface area (Å²) < 4.78 is 4.73. The van der Waals surface area contributed by atoms with Crippen LogP contribution < -0.4 is 5.73 Å². The minimum atomic E-state index is 0. The molecule has 0 radical (unpaired) electrons. The van der Waals surface area contributed by atoms with Gasteiger partial charge in [0.05, 0.1) is 6.20 Å². The topological polar surface area (TPSA) is 52.0 Å². The maximum absolute atomic E-state index is 5.30. The first-order valence-corrected chi connectivity index (χ1v) is 2.45. The Hall–Kier alpha value is -0.540. The summed E-state index contributed by atoms with van der Waals surface area (Å²) in [5.41, 5.74) is 6.27. The smallest absolute Gasteiger partial charge is 0.138 e. The second kappa shape index (κ2) is 3.48. The summed E-state index contributed by atoms with van der Waals surface area (Å²) in [5.74, 6) is 0.813. The summed E-state index contributed by atoms with van der Waals surface area (Å²) in [5, 5.41) is 3.54. The lowest BCUT2D eigenvalue weighted by molar-refractivity contribution is 0.396. The first kappa shape index (κ1) is 8.46. The van der Waals surface area contributed by atoms with Crippen molar-refractivity contribution in [2.75, 3.05) is 0 Å². The molecule has 0 amide bonds. The van der Waals surface area contributed by atoms with E-state index in [2.05, 4.69) is 5.16 Å². The Morgan fingerprint density at radius 3 is 2.67 bits per heavy atom. The van der Waals surface area contributed by atoms with Gasteiger partial charge < -0.3 is 10.3 Å². The van der Waals surface area contributed by atoms with Gasteiger partial charge in [0.1, 0.15) is 5.76 Å².